The van der Waals surface area contributed by atoms with Crippen LogP contribution >= 0.6 is 11.6 Å². The van der Waals surface area contributed by atoms with Crippen molar-refractivity contribution in [3.05, 3.63) is 63.2 Å². The molecule has 7 heteroatoms. The van der Waals surface area contributed by atoms with Crippen LogP contribution in [0.15, 0.2) is 42.5 Å². The molecular formula is C18H19ClN2O4. The number of ether oxygens (including phenoxy) is 1. The molecule has 1 amide bonds. The molecular weight excluding hydrogens is 344 g/mol. The number of amides is 1. The standard InChI is InChI=1S/C18H19ClN2O4/c1-2-3-6-11-25-17-8-5-4-7-14(17)18(22)20-13-9-10-15(19)16(12-13)21(23)24/h4-5,7-10,12H,2-3,6,11H2,1H3,(H,20,22). The molecule has 0 radical (unpaired) electrons. The Labute approximate surface area is 150 Å². The molecule has 2 aromatic rings. The maximum Gasteiger partial charge on any atom is 0.289 e. The average molecular weight is 363 g/mol. The molecule has 0 aliphatic carbocycles. The minimum atomic E-state index is -0.594. The van der Waals surface area contributed by atoms with Crippen molar-refractivity contribution in [2.75, 3.05) is 11.9 Å². The lowest BCUT2D eigenvalue weighted by Gasteiger charge is -2.11. The van der Waals surface area contributed by atoms with Gasteiger partial charge in [0.2, 0.25) is 0 Å². The van der Waals surface area contributed by atoms with E-state index in [0.29, 0.717) is 23.6 Å². The fraction of sp³-hybridized carbons (Fsp3) is 0.278. The molecule has 0 saturated carbocycles. The van der Waals surface area contributed by atoms with Crippen LogP contribution in [0.4, 0.5) is 11.4 Å². The smallest absolute Gasteiger partial charge is 0.289 e. The third-order valence-electron chi connectivity index (χ3n) is 3.54. The fourth-order valence-corrected chi connectivity index (χ4v) is 2.43. The van der Waals surface area contributed by atoms with Crippen LogP contribution in [0.5, 0.6) is 5.75 Å². The Morgan fingerprint density at radius 1 is 1.24 bits per heavy atom. The van der Waals surface area contributed by atoms with Crippen LogP contribution in [0.1, 0.15) is 36.5 Å². The Hall–Kier alpha value is -2.60. The van der Waals surface area contributed by atoms with Gasteiger partial charge in [0.15, 0.2) is 0 Å². The first-order chi connectivity index (χ1) is 12.0. The van der Waals surface area contributed by atoms with E-state index < -0.39 is 10.8 Å². The molecule has 0 aliphatic rings. The molecule has 0 bridgehead atoms. The summed E-state index contributed by atoms with van der Waals surface area (Å²) < 4.78 is 5.69. The average Bonchev–Trinajstić information content (AvgIpc) is 2.60. The number of carbonyl (C=O) groups is 1. The molecule has 2 rings (SSSR count). The van der Waals surface area contributed by atoms with Crippen LogP contribution < -0.4 is 10.1 Å². The fourth-order valence-electron chi connectivity index (χ4n) is 2.24. The molecule has 0 spiro atoms. The number of nitro groups is 1. The molecule has 0 heterocycles. The van der Waals surface area contributed by atoms with Crippen molar-refractivity contribution in [3.8, 4) is 5.75 Å². The van der Waals surface area contributed by atoms with E-state index >= 15 is 0 Å². The van der Waals surface area contributed by atoms with Crippen molar-refractivity contribution < 1.29 is 14.5 Å². The Balaban J connectivity index is 2.13. The minimum Gasteiger partial charge on any atom is -0.493 e. The zero-order valence-corrected chi connectivity index (χ0v) is 14.6. The lowest BCUT2D eigenvalue weighted by molar-refractivity contribution is -0.384. The quantitative estimate of drug-likeness (QED) is 0.404. The summed E-state index contributed by atoms with van der Waals surface area (Å²) in [6.07, 6.45) is 3.06. The summed E-state index contributed by atoms with van der Waals surface area (Å²) in [5.41, 5.74) is 0.405. The predicted octanol–water partition coefficient (Wildman–Crippen LogP) is 5.07. The second-order valence-electron chi connectivity index (χ2n) is 5.43. The van der Waals surface area contributed by atoms with E-state index in [1.807, 2.05) is 0 Å². The van der Waals surface area contributed by atoms with Crippen molar-refractivity contribution >= 4 is 28.9 Å². The number of unbranched alkanes of at least 4 members (excludes halogenated alkanes) is 2. The number of anilines is 1. The third kappa shape index (κ3) is 5.19. The van der Waals surface area contributed by atoms with Gasteiger partial charge in [0, 0.05) is 11.8 Å². The van der Waals surface area contributed by atoms with Crippen molar-refractivity contribution in [1.82, 2.24) is 0 Å². The number of nitro benzene ring substituents is 1. The lowest BCUT2D eigenvalue weighted by Crippen LogP contribution is -2.14. The van der Waals surface area contributed by atoms with Gasteiger partial charge < -0.3 is 10.1 Å². The maximum atomic E-state index is 12.5. The van der Waals surface area contributed by atoms with Gasteiger partial charge in [-0.15, -0.1) is 0 Å². The minimum absolute atomic E-state index is 0.0163. The highest BCUT2D eigenvalue weighted by Gasteiger charge is 2.16. The zero-order chi connectivity index (χ0) is 18.2. The van der Waals surface area contributed by atoms with Gasteiger partial charge in [-0.2, -0.15) is 0 Å². The van der Waals surface area contributed by atoms with Crippen molar-refractivity contribution in [3.63, 3.8) is 0 Å². The SMILES string of the molecule is CCCCCOc1ccccc1C(=O)Nc1ccc(Cl)c([N+](=O)[O-])c1. The highest BCUT2D eigenvalue weighted by molar-refractivity contribution is 6.32. The number of hydrogen-bond acceptors (Lipinski definition) is 4. The zero-order valence-electron chi connectivity index (χ0n) is 13.8. The number of para-hydroxylation sites is 1. The van der Waals surface area contributed by atoms with E-state index in [1.54, 1.807) is 24.3 Å². The van der Waals surface area contributed by atoms with Crippen LogP contribution in [0.3, 0.4) is 0 Å². The van der Waals surface area contributed by atoms with Crippen LogP contribution in [-0.4, -0.2) is 17.4 Å². The Kier molecular flexibility index (Phi) is 6.77. The van der Waals surface area contributed by atoms with E-state index in [2.05, 4.69) is 12.2 Å². The number of nitrogens with one attached hydrogen (secondary N) is 1. The summed E-state index contributed by atoms with van der Waals surface area (Å²) in [5, 5.41) is 13.6. The highest BCUT2D eigenvalue weighted by atomic mass is 35.5. The van der Waals surface area contributed by atoms with E-state index in [1.165, 1.54) is 18.2 Å². The first kappa shape index (κ1) is 18.7. The molecule has 1 N–H and O–H groups in total. The van der Waals surface area contributed by atoms with Crippen LogP contribution in [0.25, 0.3) is 0 Å². The van der Waals surface area contributed by atoms with Gasteiger partial charge in [0.25, 0.3) is 11.6 Å². The monoisotopic (exact) mass is 362 g/mol. The third-order valence-corrected chi connectivity index (χ3v) is 3.86. The molecule has 0 fully saturated rings. The largest absolute Gasteiger partial charge is 0.493 e. The molecule has 0 unspecified atom stereocenters. The Bertz CT molecular complexity index is 764. The number of rotatable bonds is 8. The number of hydrogen-bond donors (Lipinski definition) is 1. The van der Waals surface area contributed by atoms with E-state index in [9.17, 15) is 14.9 Å². The van der Waals surface area contributed by atoms with Crippen LogP contribution in [0, 0.1) is 10.1 Å². The van der Waals surface area contributed by atoms with E-state index in [-0.39, 0.29) is 10.7 Å². The first-order valence-electron chi connectivity index (χ1n) is 8.00. The van der Waals surface area contributed by atoms with Gasteiger partial charge in [0.1, 0.15) is 10.8 Å². The number of carbonyl (C=O) groups excluding carboxylic acids is 1. The number of benzene rings is 2. The van der Waals surface area contributed by atoms with Gasteiger partial charge in [-0.3, -0.25) is 14.9 Å². The van der Waals surface area contributed by atoms with Gasteiger partial charge in [0.05, 0.1) is 17.1 Å². The molecule has 0 aromatic heterocycles. The molecule has 0 aliphatic heterocycles. The topological polar surface area (TPSA) is 81.5 Å². The van der Waals surface area contributed by atoms with Gasteiger partial charge in [-0.1, -0.05) is 43.5 Å². The van der Waals surface area contributed by atoms with Gasteiger partial charge in [-0.25, -0.2) is 0 Å². The van der Waals surface area contributed by atoms with Crippen LogP contribution in [0.2, 0.25) is 5.02 Å². The second-order valence-corrected chi connectivity index (χ2v) is 5.84. The number of nitrogens with zero attached hydrogens (tertiary/aromatic N) is 1. The molecule has 6 nitrogen and oxygen atoms in total. The van der Waals surface area contributed by atoms with Crippen molar-refractivity contribution in [2.45, 2.75) is 26.2 Å². The van der Waals surface area contributed by atoms with Crippen molar-refractivity contribution in [2.24, 2.45) is 0 Å². The first-order valence-corrected chi connectivity index (χ1v) is 8.38. The molecule has 2 aromatic carbocycles. The highest BCUT2D eigenvalue weighted by Crippen LogP contribution is 2.28. The Morgan fingerprint density at radius 2 is 2.00 bits per heavy atom. The van der Waals surface area contributed by atoms with Crippen molar-refractivity contribution in [1.29, 1.82) is 0 Å². The van der Waals surface area contributed by atoms with E-state index in [0.717, 1.165) is 19.3 Å². The van der Waals surface area contributed by atoms with E-state index in [4.69, 9.17) is 16.3 Å². The molecule has 0 saturated heterocycles. The van der Waals surface area contributed by atoms with Gasteiger partial charge in [-0.05, 0) is 30.7 Å². The summed E-state index contributed by atoms with van der Waals surface area (Å²) in [6, 6.07) is 11.0. The summed E-state index contributed by atoms with van der Waals surface area (Å²) in [4.78, 5) is 22.8. The normalized spacial score (nSPS) is 10.3. The summed E-state index contributed by atoms with van der Waals surface area (Å²) >= 11 is 5.78. The molecule has 132 valence electrons. The van der Waals surface area contributed by atoms with Crippen LogP contribution in [-0.2, 0) is 0 Å². The maximum absolute atomic E-state index is 12.5. The summed E-state index contributed by atoms with van der Waals surface area (Å²) in [7, 11) is 0. The summed E-state index contributed by atoms with van der Waals surface area (Å²) in [6.45, 7) is 2.64. The predicted molar refractivity (Wildman–Crippen MR) is 97.5 cm³/mol. The molecule has 25 heavy (non-hydrogen) atoms. The number of halogens is 1. The summed E-state index contributed by atoms with van der Waals surface area (Å²) in [5.74, 6) is 0.0854. The lowest BCUT2D eigenvalue weighted by atomic mass is 10.1. The molecule has 0 atom stereocenters. The Morgan fingerprint density at radius 3 is 2.72 bits per heavy atom. The second kappa shape index (κ2) is 9.03. The van der Waals surface area contributed by atoms with Gasteiger partial charge >= 0.3 is 0 Å².